The van der Waals surface area contributed by atoms with Crippen LogP contribution < -0.4 is 26.1 Å². The van der Waals surface area contributed by atoms with Gasteiger partial charge >= 0.3 is 11.1 Å². The maximum absolute atomic E-state index is 12.5. The van der Waals surface area contributed by atoms with Crippen molar-refractivity contribution in [2.75, 3.05) is 31.7 Å². The summed E-state index contributed by atoms with van der Waals surface area (Å²) in [5, 5.41) is 7.05. The molecule has 0 bridgehead atoms. The van der Waals surface area contributed by atoms with Crippen molar-refractivity contribution in [2.24, 2.45) is 0 Å². The zero-order valence-electron chi connectivity index (χ0n) is 16.2. The number of nitrogens with one attached hydrogen (secondary N) is 1. The third kappa shape index (κ3) is 3.88. The molecule has 2 aliphatic rings. The predicted molar refractivity (Wildman–Crippen MR) is 105 cm³/mol. The van der Waals surface area contributed by atoms with Crippen molar-refractivity contribution in [1.29, 1.82) is 0 Å². The fraction of sp³-hybridized carbons (Fsp3) is 0.474. The van der Waals surface area contributed by atoms with Crippen molar-refractivity contribution in [1.82, 2.24) is 19.7 Å². The molecule has 0 radical (unpaired) electrons. The topological polar surface area (TPSA) is 108 Å². The normalized spacial score (nSPS) is 18.0. The summed E-state index contributed by atoms with van der Waals surface area (Å²) in [5.41, 5.74) is -0.674. The predicted octanol–water partition coefficient (Wildman–Crippen LogP) is -0.139. The first-order valence-corrected chi connectivity index (χ1v) is 9.58. The van der Waals surface area contributed by atoms with E-state index in [0.717, 1.165) is 23.2 Å². The number of aromatic nitrogens is 3. The number of hydrogen-bond donors (Lipinski definition) is 1. The lowest BCUT2D eigenvalue weighted by molar-refractivity contribution is -0.122. The molecule has 1 atom stereocenters. The molecule has 29 heavy (non-hydrogen) atoms. The van der Waals surface area contributed by atoms with Crippen LogP contribution in [0.25, 0.3) is 0 Å². The maximum atomic E-state index is 12.5. The van der Waals surface area contributed by atoms with Gasteiger partial charge in [-0.1, -0.05) is 0 Å². The lowest BCUT2D eigenvalue weighted by Crippen LogP contribution is -2.45. The summed E-state index contributed by atoms with van der Waals surface area (Å²) in [6.07, 6.45) is 1.87. The molecule has 3 heterocycles. The summed E-state index contributed by atoms with van der Waals surface area (Å²) in [4.78, 5) is 39.0. The number of carbonyl (C=O) groups is 1. The highest BCUT2D eigenvalue weighted by molar-refractivity contribution is 5.75. The summed E-state index contributed by atoms with van der Waals surface area (Å²) < 4.78 is 12.9. The molecule has 1 amide bonds. The summed E-state index contributed by atoms with van der Waals surface area (Å²) in [6, 6.07) is 7.32. The smallest absolute Gasteiger partial charge is 0.333 e. The van der Waals surface area contributed by atoms with Gasteiger partial charge in [-0.25, -0.2) is 4.68 Å². The second-order valence-corrected chi connectivity index (χ2v) is 7.01. The van der Waals surface area contributed by atoms with Crippen LogP contribution in [0.4, 0.5) is 11.6 Å². The Labute approximate surface area is 166 Å². The van der Waals surface area contributed by atoms with E-state index in [1.807, 2.05) is 29.2 Å². The van der Waals surface area contributed by atoms with Crippen molar-refractivity contribution < 1.29 is 14.3 Å². The van der Waals surface area contributed by atoms with Gasteiger partial charge in [-0.3, -0.25) is 19.0 Å². The molecule has 0 saturated carbocycles. The molecule has 1 aromatic heterocycles. The van der Waals surface area contributed by atoms with Gasteiger partial charge in [0.15, 0.2) is 0 Å². The number of methoxy groups -OCH3 is 1. The van der Waals surface area contributed by atoms with Crippen LogP contribution in [0.1, 0.15) is 12.8 Å². The molecule has 10 heteroatoms. The van der Waals surface area contributed by atoms with Gasteiger partial charge in [-0.05, 0) is 37.1 Å². The largest absolute Gasteiger partial charge is 0.497 e. The summed E-state index contributed by atoms with van der Waals surface area (Å²) in [6.45, 7) is 1.63. The van der Waals surface area contributed by atoms with Crippen LogP contribution in [0.3, 0.4) is 0 Å². The van der Waals surface area contributed by atoms with Crippen LogP contribution in [0.5, 0.6) is 5.75 Å². The van der Waals surface area contributed by atoms with Gasteiger partial charge in [-0.15, -0.1) is 5.10 Å². The average molecular weight is 401 g/mol. The molecule has 2 aromatic rings. The highest BCUT2D eigenvalue weighted by Gasteiger charge is 2.26. The Bertz CT molecular complexity index is 1010. The lowest BCUT2D eigenvalue weighted by atomic mass is 10.2. The average Bonchev–Trinajstić information content (AvgIpc) is 3.40. The first kappa shape index (κ1) is 19.2. The first-order valence-electron chi connectivity index (χ1n) is 9.58. The third-order valence-electron chi connectivity index (χ3n) is 5.13. The lowest BCUT2D eigenvalue weighted by Gasteiger charge is -2.18. The van der Waals surface area contributed by atoms with Gasteiger partial charge in [-0.2, -0.15) is 0 Å². The van der Waals surface area contributed by atoms with E-state index in [9.17, 15) is 14.4 Å². The molecule has 0 unspecified atom stereocenters. The van der Waals surface area contributed by atoms with Gasteiger partial charge in [0, 0.05) is 31.9 Å². The Balaban J connectivity index is 1.55. The number of nitrogens with zero attached hydrogens (tertiary/aromatic N) is 4. The molecule has 1 fully saturated rings. The number of ether oxygens (including phenoxy) is 2. The Morgan fingerprint density at radius 2 is 2.03 bits per heavy atom. The summed E-state index contributed by atoms with van der Waals surface area (Å²) in [7, 11) is 1.59. The molecule has 154 valence electrons. The minimum absolute atomic E-state index is 0.000148. The van der Waals surface area contributed by atoms with E-state index in [-0.39, 0.29) is 18.6 Å². The number of carbonyl (C=O) groups excluding carboxylic acids is 1. The molecular formula is C19H23N5O5. The van der Waals surface area contributed by atoms with Gasteiger partial charge in [0.1, 0.15) is 12.3 Å². The van der Waals surface area contributed by atoms with E-state index < -0.39 is 11.1 Å². The quantitative estimate of drug-likeness (QED) is 0.672. The Kier molecular flexibility index (Phi) is 5.34. The van der Waals surface area contributed by atoms with E-state index in [4.69, 9.17) is 9.47 Å². The van der Waals surface area contributed by atoms with E-state index in [1.165, 1.54) is 4.57 Å². The van der Waals surface area contributed by atoms with Gasteiger partial charge in [0.25, 0.3) is 0 Å². The summed E-state index contributed by atoms with van der Waals surface area (Å²) >= 11 is 0. The molecule has 0 spiro atoms. The number of amides is 1. The number of fused-ring (bicyclic) bond motifs is 1. The van der Waals surface area contributed by atoms with E-state index in [2.05, 4.69) is 10.4 Å². The number of benzene rings is 1. The fourth-order valence-electron chi connectivity index (χ4n) is 3.56. The molecule has 2 aliphatic heterocycles. The first-order chi connectivity index (χ1) is 14.1. The zero-order valence-corrected chi connectivity index (χ0v) is 16.2. The van der Waals surface area contributed by atoms with Crippen molar-refractivity contribution in [2.45, 2.75) is 32.0 Å². The van der Waals surface area contributed by atoms with Crippen molar-refractivity contribution in [3.8, 4) is 5.75 Å². The van der Waals surface area contributed by atoms with Crippen molar-refractivity contribution in [3.63, 3.8) is 0 Å². The van der Waals surface area contributed by atoms with Crippen molar-refractivity contribution >= 4 is 17.5 Å². The van der Waals surface area contributed by atoms with Crippen LogP contribution in [0, 0.1) is 0 Å². The third-order valence-corrected chi connectivity index (χ3v) is 5.13. The van der Waals surface area contributed by atoms with Crippen molar-refractivity contribution in [3.05, 3.63) is 45.0 Å². The van der Waals surface area contributed by atoms with Gasteiger partial charge in [0.05, 0.1) is 13.2 Å². The van der Waals surface area contributed by atoms with Gasteiger partial charge in [0.2, 0.25) is 11.9 Å². The molecule has 10 nitrogen and oxygen atoms in total. The standard InChI is InChI=1S/C19H23N5O5/c1-28-14-6-4-13(5-7-14)22-8-9-23-17(26)18(27)24(21-19(22)23)12-16(25)20-11-15-3-2-10-29-15/h4-7,15H,2-3,8-12H2,1H3,(H,20,25)/t15-/m1/s1. The van der Waals surface area contributed by atoms with E-state index in [1.54, 1.807) is 7.11 Å². The molecular weight excluding hydrogens is 378 g/mol. The second kappa shape index (κ2) is 8.08. The number of hydrogen-bond acceptors (Lipinski definition) is 7. The van der Waals surface area contributed by atoms with Crippen LogP contribution >= 0.6 is 0 Å². The molecule has 1 saturated heterocycles. The van der Waals surface area contributed by atoms with Crippen LogP contribution in [0.15, 0.2) is 33.9 Å². The molecule has 1 N–H and O–H groups in total. The van der Waals surface area contributed by atoms with E-state index in [0.29, 0.717) is 37.9 Å². The van der Waals surface area contributed by atoms with Crippen LogP contribution in [0.2, 0.25) is 0 Å². The van der Waals surface area contributed by atoms with Crippen LogP contribution in [-0.4, -0.2) is 53.2 Å². The monoisotopic (exact) mass is 401 g/mol. The molecule has 1 aromatic carbocycles. The molecule has 0 aliphatic carbocycles. The maximum Gasteiger partial charge on any atom is 0.333 e. The highest BCUT2D eigenvalue weighted by Crippen LogP contribution is 2.27. The number of rotatable bonds is 6. The van der Waals surface area contributed by atoms with E-state index >= 15 is 0 Å². The SMILES string of the molecule is COc1ccc(N2CCn3c2nn(CC(=O)NC[C@H]2CCCO2)c(=O)c3=O)cc1. The fourth-order valence-corrected chi connectivity index (χ4v) is 3.56. The Morgan fingerprint density at radius 3 is 2.72 bits per heavy atom. The Morgan fingerprint density at radius 1 is 1.24 bits per heavy atom. The zero-order chi connectivity index (χ0) is 20.4. The summed E-state index contributed by atoms with van der Waals surface area (Å²) in [5.74, 6) is 0.673. The van der Waals surface area contributed by atoms with Gasteiger partial charge < -0.3 is 19.7 Å². The Hall–Kier alpha value is -3.14. The second-order valence-electron chi connectivity index (χ2n) is 7.01. The minimum atomic E-state index is -0.808. The molecule has 4 rings (SSSR count). The highest BCUT2D eigenvalue weighted by atomic mass is 16.5. The minimum Gasteiger partial charge on any atom is -0.497 e. The number of anilines is 2. The van der Waals surface area contributed by atoms with Crippen LogP contribution in [-0.2, 0) is 22.6 Å².